The lowest BCUT2D eigenvalue weighted by atomic mass is 10.0. The summed E-state index contributed by atoms with van der Waals surface area (Å²) in [5.41, 5.74) is 12.4. The van der Waals surface area contributed by atoms with Crippen LogP contribution in [0.25, 0.3) is 0 Å². The monoisotopic (exact) mass is 314 g/mol. The number of hydrogen-bond acceptors (Lipinski definition) is 5. The largest absolute Gasteiger partial charge is 0.508 e. The Morgan fingerprint density at radius 3 is 2.65 bits per heavy atom. The summed E-state index contributed by atoms with van der Waals surface area (Å²) in [5.74, 6) is -0.413. The molecule has 0 atom stereocenters. The summed E-state index contributed by atoms with van der Waals surface area (Å²) in [4.78, 5) is 27.2. The smallest absolute Gasteiger partial charge is 0.249 e. The zero-order valence-electron chi connectivity index (χ0n) is 12.5. The van der Waals surface area contributed by atoms with E-state index in [1.54, 1.807) is 24.4 Å². The van der Waals surface area contributed by atoms with Crippen molar-refractivity contribution >= 4 is 17.6 Å². The van der Waals surface area contributed by atoms with Crippen LogP contribution in [0, 0.1) is 0 Å². The van der Waals surface area contributed by atoms with E-state index in [1.807, 2.05) is 0 Å². The van der Waals surface area contributed by atoms with Gasteiger partial charge in [-0.25, -0.2) is 4.98 Å². The van der Waals surface area contributed by atoms with Gasteiger partial charge in [0.05, 0.1) is 0 Å². The number of aryl methyl sites for hydroxylation is 1. The number of nitrogens with one attached hydrogen (secondary N) is 1. The fraction of sp³-hybridized carbons (Fsp3) is 0.188. The lowest BCUT2D eigenvalue weighted by molar-refractivity contribution is -0.121. The van der Waals surface area contributed by atoms with Gasteiger partial charge in [0.25, 0.3) is 0 Å². The predicted molar refractivity (Wildman–Crippen MR) is 85.4 cm³/mol. The maximum atomic E-state index is 11.9. The van der Waals surface area contributed by atoms with Crippen molar-refractivity contribution in [3.63, 3.8) is 0 Å². The molecule has 120 valence electrons. The van der Waals surface area contributed by atoms with Crippen LogP contribution in [0.2, 0.25) is 0 Å². The van der Waals surface area contributed by atoms with Gasteiger partial charge in [-0.2, -0.15) is 0 Å². The second-order valence-corrected chi connectivity index (χ2v) is 5.07. The number of benzene rings is 1. The lowest BCUT2D eigenvalue weighted by Crippen LogP contribution is -2.23. The van der Waals surface area contributed by atoms with E-state index in [2.05, 4.69) is 10.3 Å². The van der Waals surface area contributed by atoms with Crippen LogP contribution >= 0.6 is 0 Å². The summed E-state index contributed by atoms with van der Waals surface area (Å²) in [5, 5.41) is 12.2. The molecule has 2 rings (SSSR count). The molecule has 0 spiro atoms. The number of phenolic OH excluding ortho intramolecular Hbond substituents is 1. The number of nitrogens with two attached hydrogens (primary N) is 2. The third-order valence-electron chi connectivity index (χ3n) is 3.32. The lowest BCUT2D eigenvalue weighted by Gasteiger charge is -2.08. The van der Waals surface area contributed by atoms with E-state index in [-0.39, 0.29) is 23.6 Å². The summed E-state index contributed by atoms with van der Waals surface area (Å²) in [7, 11) is 0. The molecule has 2 aromatic rings. The van der Waals surface area contributed by atoms with Gasteiger partial charge < -0.3 is 21.9 Å². The number of rotatable bonds is 6. The number of pyridine rings is 1. The van der Waals surface area contributed by atoms with E-state index in [1.165, 1.54) is 12.1 Å². The van der Waals surface area contributed by atoms with Crippen molar-refractivity contribution in [2.24, 2.45) is 5.73 Å². The molecule has 0 radical (unpaired) electrons. The Morgan fingerprint density at radius 1 is 1.22 bits per heavy atom. The van der Waals surface area contributed by atoms with Gasteiger partial charge in [-0.3, -0.25) is 9.59 Å². The maximum absolute atomic E-state index is 11.9. The average Bonchev–Trinajstić information content (AvgIpc) is 2.53. The number of carbonyl (C=O) groups excluding carboxylic acids is 2. The van der Waals surface area contributed by atoms with Gasteiger partial charge in [-0.1, -0.05) is 12.1 Å². The van der Waals surface area contributed by atoms with Crippen molar-refractivity contribution in [1.29, 1.82) is 0 Å². The van der Waals surface area contributed by atoms with Crippen molar-refractivity contribution in [3.8, 4) is 5.75 Å². The highest BCUT2D eigenvalue weighted by atomic mass is 16.3. The Bertz CT molecular complexity index is 714. The quantitative estimate of drug-likeness (QED) is 0.624. The maximum Gasteiger partial charge on any atom is 0.249 e. The Kier molecular flexibility index (Phi) is 5.14. The van der Waals surface area contributed by atoms with Crippen molar-refractivity contribution < 1.29 is 14.7 Å². The summed E-state index contributed by atoms with van der Waals surface area (Å²) in [6, 6.07) is 7.80. The van der Waals surface area contributed by atoms with Crippen LogP contribution in [0.3, 0.4) is 0 Å². The number of primary amides is 1. The van der Waals surface area contributed by atoms with Crippen molar-refractivity contribution in [2.45, 2.75) is 19.4 Å². The first-order chi connectivity index (χ1) is 11.0. The average molecular weight is 314 g/mol. The van der Waals surface area contributed by atoms with Gasteiger partial charge in [-0.05, 0) is 35.7 Å². The molecule has 0 saturated heterocycles. The highest BCUT2D eigenvalue weighted by molar-refractivity contribution is 5.95. The molecular weight excluding hydrogens is 296 g/mol. The van der Waals surface area contributed by atoms with Crippen LogP contribution in [0.4, 0.5) is 5.82 Å². The fourth-order valence-corrected chi connectivity index (χ4v) is 2.09. The van der Waals surface area contributed by atoms with Gasteiger partial charge in [0.1, 0.15) is 11.6 Å². The van der Waals surface area contributed by atoms with E-state index in [0.717, 1.165) is 5.56 Å². The summed E-state index contributed by atoms with van der Waals surface area (Å²) in [6.45, 7) is 0.352. The highest BCUT2D eigenvalue weighted by Crippen LogP contribution is 2.17. The third kappa shape index (κ3) is 4.70. The van der Waals surface area contributed by atoms with Gasteiger partial charge in [-0.15, -0.1) is 0 Å². The first kappa shape index (κ1) is 16.3. The number of amides is 2. The Labute approximate surface area is 133 Å². The fourth-order valence-electron chi connectivity index (χ4n) is 2.09. The van der Waals surface area contributed by atoms with Crippen LogP contribution < -0.4 is 16.8 Å². The van der Waals surface area contributed by atoms with E-state index in [0.29, 0.717) is 24.3 Å². The Hall–Kier alpha value is -3.09. The molecule has 0 aliphatic heterocycles. The van der Waals surface area contributed by atoms with Gasteiger partial charge in [0.2, 0.25) is 11.8 Å². The molecule has 0 unspecified atom stereocenters. The minimum absolute atomic E-state index is 0.0390. The molecule has 0 aliphatic rings. The molecule has 1 aromatic carbocycles. The third-order valence-corrected chi connectivity index (χ3v) is 3.32. The topological polar surface area (TPSA) is 131 Å². The first-order valence-corrected chi connectivity index (χ1v) is 7.04. The molecule has 7 heteroatoms. The number of hydrogen-bond donors (Lipinski definition) is 4. The highest BCUT2D eigenvalue weighted by Gasteiger charge is 2.11. The number of aromatic nitrogens is 1. The van der Waals surface area contributed by atoms with Crippen molar-refractivity contribution in [1.82, 2.24) is 10.3 Å². The number of phenols is 1. The molecule has 0 fully saturated rings. The molecule has 23 heavy (non-hydrogen) atoms. The molecule has 7 nitrogen and oxygen atoms in total. The summed E-state index contributed by atoms with van der Waals surface area (Å²) in [6.07, 6.45) is 2.15. The SMILES string of the molecule is NC(=O)c1cc(O)ccc1CCC(=O)NCc1ccc(N)nc1. The molecule has 1 aromatic heterocycles. The van der Waals surface area contributed by atoms with Crippen LogP contribution in [-0.2, 0) is 17.8 Å². The zero-order chi connectivity index (χ0) is 16.8. The van der Waals surface area contributed by atoms with Gasteiger partial charge >= 0.3 is 0 Å². The minimum Gasteiger partial charge on any atom is -0.508 e. The molecule has 0 aliphatic carbocycles. The van der Waals surface area contributed by atoms with Gasteiger partial charge in [0.15, 0.2) is 0 Å². The standard InChI is InChI=1S/C16H18N4O3/c17-14-5-1-10(8-19-14)9-20-15(22)6-3-11-2-4-12(21)7-13(11)16(18)23/h1-2,4-5,7-8,21H,3,6,9H2,(H2,17,19)(H2,18,23)(H,20,22). The summed E-state index contributed by atoms with van der Waals surface area (Å²) < 4.78 is 0. The van der Waals surface area contributed by atoms with E-state index in [4.69, 9.17) is 11.5 Å². The molecule has 0 saturated carbocycles. The first-order valence-electron chi connectivity index (χ1n) is 7.04. The van der Waals surface area contributed by atoms with Crippen LogP contribution in [0.15, 0.2) is 36.5 Å². The minimum atomic E-state index is -0.635. The number of aromatic hydroxyl groups is 1. The van der Waals surface area contributed by atoms with Crippen molar-refractivity contribution in [2.75, 3.05) is 5.73 Å². The number of nitrogen functional groups attached to an aromatic ring is 1. The number of anilines is 1. The molecule has 6 N–H and O–H groups in total. The zero-order valence-corrected chi connectivity index (χ0v) is 12.5. The molecule has 1 heterocycles. The number of nitrogens with zero attached hydrogens (tertiary/aromatic N) is 1. The Morgan fingerprint density at radius 2 is 2.00 bits per heavy atom. The predicted octanol–water partition coefficient (Wildman–Crippen LogP) is 0.717. The van der Waals surface area contributed by atoms with E-state index >= 15 is 0 Å². The van der Waals surface area contributed by atoms with Crippen LogP contribution in [0.1, 0.15) is 27.9 Å². The van der Waals surface area contributed by atoms with Crippen LogP contribution in [0.5, 0.6) is 5.75 Å². The van der Waals surface area contributed by atoms with Crippen molar-refractivity contribution in [3.05, 3.63) is 53.2 Å². The normalized spacial score (nSPS) is 10.3. The van der Waals surface area contributed by atoms with Crippen LogP contribution in [-0.4, -0.2) is 21.9 Å². The molecular formula is C16H18N4O3. The second kappa shape index (κ2) is 7.26. The van der Waals surface area contributed by atoms with Gasteiger partial charge in [0, 0.05) is 24.7 Å². The van der Waals surface area contributed by atoms with E-state index < -0.39 is 5.91 Å². The van der Waals surface area contributed by atoms with E-state index in [9.17, 15) is 14.7 Å². The summed E-state index contributed by atoms with van der Waals surface area (Å²) >= 11 is 0. The molecule has 2 amide bonds. The number of carbonyl (C=O) groups is 2. The second-order valence-electron chi connectivity index (χ2n) is 5.07. The molecule has 0 bridgehead atoms. The Balaban J connectivity index is 1.89.